The number of rotatable bonds is 7. The van der Waals surface area contributed by atoms with Crippen LogP contribution in [-0.4, -0.2) is 62.3 Å². The highest BCUT2D eigenvalue weighted by Crippen LogP contribution is 2.20. The summed E-state index contributed by atoms with van der Waals surface area (Å²) in [4.78, 5) is 13.7. The molecule has 0 bridgehead atoms. The van der Waals surface area contributed by atoms with E-state index in [0.717, 1.165) is 18.9 Å². The summed E-state index contributed by atoms with van der Waals surface area (Å²) in [6.45, 7) is 5.70. The quantitative estimate of drug-likeness (QED) is 0.787. The average molecular weight is 371 g/mol. The van der Waals surface area contributed by atoms with Crippen LogP contribution in [0.4, 0.5) is 4.39 Å². The van der Waals surface area contributed by atoms with E-state index in [4.69, 9.17) is 0 Å². The maximum Gasteiger partial charge on any atom is 0.246 e. The predicted molar refractivity (Wildman–Crippen MR) is 94.1 cm³/mol. The Morgan fingerprint density at radius 2 is 1.76 bits per heavy atom. The standard InChI is InChI=1S/C17H26FN3O3S/c1-3-14(4-2)19-17(22)13-20-9-11-21(12-10-20)25(23,24)16-8-6-5-7-15(16)18/h5-8,14H,3-4,9-13H2,1-2H3,(H,19,22). The lowest BCUT2D eigenvalue weighted by Crippen LogP contribution is -2.51. The summed E-state index contributed by atoms with van der Waals surface area (Å²) >= 11 is 0. The number of benzene rings is 1. The van der Waals surface area contributed by atoms with Gasteiger partial charge in [-0.25, -0.2) is 12.8 Å². The van der Waals surface area contributed by atoms with Crippen LogP contribution in [-0.2, 0) is 14.8 Å². The molecule has 1 aliphatic rings. The highest BCUT2D eigenvalue weighted by atomic mass is 32.2. The Labute approximate surface area is 149 Å². The molecule has 0 atom stereocenters. The van der Waals surface area contributed by atoms with Crippen molar-refractivity contribution in [1.29, 1.82) is 0 Å². The zero-order chi connectivity index (χ0) is 18.4. The summed E-state index contributed by atoms with van der Waals surface area (Å²) in [5.74, 6) is -0.784. The second kappa shape index (κ2) is 8.73. The van der Waals surface area contributed by atoms with Crippen LogP contribution in [0.5, 0.6) is 0 Å². The normalized spacial score (nSPS) is 17.0. The third-order valence-electron chi connectivity index (χ3n) is 4.50. The fourth-order valence-electron chi connectivity index (χ4n) is 2.89. The monoisotopic (exact) mass is 371 g/mol. The molecular formula is C17H26FN3O3S. The third-order valence-corrected chi connectivity index (χ3v) is 6.44. The van der Waals surface area contributed by atoms with Gasteiger partial charge in [0.25, 0.3) is 0 Å². The summed E-state index contributed by atoms with van der Waals surface area (Å²) < 4.78 is 40.2. The summed E-state index contributed by atoms with van der Waals surface area (Å²) in [6.07, 6.45) is 1.77. The molecule has 0 unspecified atom stereocenters. The minimum atomic E-state index is -3.84. The van der Waals surface area contributed by atoms with Gasteiger partial charge in [-0.3, -0.25) is 9.69 Å². The zero-order valence-electron chi connectivity index (χ0n) is 14.7. The fraction of sp³-hybridized carbons (Fsp3) is 0.588. The Kier molecular flexibility index (Phi) is 6.92. The molecule has 1 heterocycles. The van der Waals surface area contributed by atoms with E-state index in [-0.39, 0.29) is 36.5 Å². The van der Waals surface area contributed by atoms with Gasteiger partial charge in [-0.1, -0.05) is 26.0 Å². The van der Waals surface area contributed by atoms with Gasteiger partial charge in [-0.2, -0.15) is 4.31 Å². The summed E-state index contributed by atoms with van der Waals surface area (Å²) in [5, 5.41) is 2.98. The molecule has 1 amide bonds. The van der Waals surface area contributed by atoms with E-state index in [2.05, 4.69) is 5.32 Å². The van der Waals surface area contributed by atoms with Crippen LogP contribution >= 0.6 is 0 Å². The van der Waals surface area contributed by atoms with Gasteiger partial charge in [-0.05, 0) is 25.0 Å². The first-order valence-electron chi connectivity index (χ1n) is 8.64. The van der Waals surface area contributed by atoms with Crippen LogP contribution in [0, 0.1) is 5.82 Å². The number of nitrogens with one attached hydrogen (secondary N) is 1. The second-order valence-corrected chi connectivity index (χ2v) is 8.10. The van der Waals surface area contributed by atoms with Crippen molar-refractivity contribution in [3.63, 3.8) is 0 Å². The predicted octanol–water partition coefficient (Wildman–Crippen LogP) is 1.44. The van der Waals surface area contributed by atoms with Gasteiger partial charge >= 0.3 is 0 Å². The molecule has 25 heavy (non-hydrogen) atoms. The highest BCUT2D eigenvalue weighted by molar-refractivity contribution is 7.89. The van der Waals surface area contributed by atoms with Crippen molar-refractivity contribution in [2.75, 3.05) is 32.7 Å². The Morgan fingerprint density at radius 3 is 2.32 bits per heavy atom. The minimum absolute atomic E-state index is 0.0425. The Morgan fingerprint density at radius 1 is 1.16 bits per heavy atom. The van der Waals surface area contributed by atoms with Crippen molar-refractivity contribution in [1.82, 2.24) is 14.5 Å². The van der Waals surface area contributed by atoms with E-state index >= 15 is 0 Å². The molecule has 1 fully saturated rings. The number of piperazine rings is 1. The van der Waals surface area contributed by atoms with Crippen molar-refractivity contribution in [3.05, 3.63) is 30.1 Å². The highest BCUT2D eigenvalue weighted by Gasteiger charge is 2.30. The molecule has 1 saturated heterocycles. The lowest BCUT2D eigenvalue weighted by Gasteiger charge is -2.33. The number of hydrogen-bond acceptors (Lipinski definition) is 4. The molecule has 0 spiro atoms. The van der Waals surface area contributed by atoms with Crippen molar-refractivity contribution < 1.29 is 17.6 Å². The van der Waals surface area contributed by atoms with Gasteiger partial charge in [-0.15, -0.1) is 0 Å². The number of sulfonamides is 1. The number of carbonyl (C=O) groups is 1. The summed E-state index contributed by atoms with van der Waals surface area (Å²) in [7, 11) is -3.84. The fourth-order valence-corrected chi connectivity index (χ4v) is 4.38. The summed E-state index contributed by atoms with van der Waals surface area (Å²) in [5.41, 5.74) is 0. The first kappa shape index (κ1) is 19.8. The Bertz CT molecular complexity index is 684. The first-order chi connectivity index (χ1) is 11.9. The molecule has 0 radical (unpaired) electrons. The minimum Gasteiger partial charge on any atom is -0.352 e. The van der Waals surface area contributed by atoms with Crippen LogP contribution in [0.3, 0.4) is 0 Å². The van der Waals surface area contributed by atoms with Gasteiger partial charge in [0.1, 0.15) is 10.7 Å². The van der Waals surface area contributed by atoms with E-state index in [9.17, 15) is 17.6 Å². The molecule has 8 heteroatoms. The van der Waals surface area contributed by atoms with Crippen LogP contribution < -0.4 is 5.32 Å². The van der Waals surface area contributed by atoms with E-state index < -0.39 is 15.8 Å². The van der Waals surface area contributed by atoms with E-state index in [1.54, 1.807) is 0 Å². The molecule has 1 aliphatic heterocycles. The molecule has 0 aromatic heterocycles. The number of nitrogens with zero attached hydrogens (tertiary/aromatic N) is 2. The smallest absolute Gasteiger partial charge is 0.246 e. The lowest BCUT2D eigenvalue weighted by molar-refractivity contribution is -0.123. The Balaban J connectivity index is 1.91. The van der Waals surface area contributed by atoms with Gasteiger partial charge < -0.3 is 5.32 Å². The maximum absolute atomic E-state index is 13.8. The van der Waals surface area contributed by atoms with Gasteiger partial charge in [0.05, 0.1) is 6.54 Å². The summed E-state index contributed by atoms with van der Waals surface area (Å²) in [6, 6.07) is 5.57. The van der Waals surface area contributed by atoms with Crippen molar-refractivity contribution in [2.24, 2.45) is 0 Å². The number of hydrogen-bond donors (Lipinski definition) is 1. The lowest BCUT2D eigenvalue weighted by atomic mass is 10.2. The van der Waals surface area contributed by atoms with Crippen LogP contribution in [0.25, 0.3) is 0 Å². The molecule has 2 rings (SSSR count). The van der Waals surface area contributed by atoms with Crippen LogP contribution in [0.15, 0.2) is 29.2 Å². The largest absolute Gasteiger partial charge is 0.352 e. The van der Waals surface area contributed by atoms with E-state index in [1.807, 2.05) is 18.7 Å². The van der Waals surface area contributed by atoms with Crippen molar-refractivity contribution >= 4 is 15.9 Å². The zero-order valence-corrected chi connectivity index (χ0v) is 15.6. The Hall–Kier alpha value is -1.51. The number of halogens is 1. The molecule has 6 nitrogen and oxygen atoms in total. The van der Waals surface area contributed by atoms with E-state index in [1.165, 1.54) is 22.5 Å². The number of amides is 1. The molecule has 140 valence electrons. The van der Waals surface area contributed by atoms with Crippen molar-refractivity contribution in [3.8, 4) is 0 Å². The molecule has 1 N–H and O–H groups in total. The average Bonchev–Trinajstić information content (AvgIpc) is 2.60. The topological polar surface area (TPSA) is 69.7 Å². The first-order valence-corrected chi connectivity index (χ1v) is 10.1. The van der Waals surface area contributed by atoms with Gasteiger partial charge in [0.15, 0.2) is 0 Å². The molecular weight excluding hydrogens is 345 g/mol. The van der Waals surface area contributed by atoms with Gasteiger partial charge in [0, 0.05) is 32.2 Å². The van der Waals surface area contributed by atoms with Crippen LogP contribution in [0.2, 0.25) is 0 Å². The molecule has 1 aromatic rings. The molecule has 1 aromatic carbocycles. The van der Waals surface area contributed by atoms with Crippen molar-refractivity contribution in [2.45, 2.75) is 37.6 Å². The van der Waals surface area contributed by atoms with Crippen LogP contribution in [0.1, 0.15) is 26.7 Å². The second-order valence-electron chi connectivity index (χ2n) is 6.19. The number of carbonyl (C=O) groups excluding carboxylic acids is 1. The SMILES string of the molecule is CCC(CC)NC(=O)CN1CCN(S(=O)(=O)c2ccccc2F)CC1. The van der Waals surface area contributed by atoms with Gasteiger partial charge in [0.2, 0.25) is 15.9 Å². The third kappa shape index (κ3) is 4.99. The van der Waals surface area contributed by atoms with E-state index in [0.29, 0.717) is 13.1 Å². The molecule has 0 saturated carbocycles. The molecule has 0 aliphatic carbocycles. The maximum atomic E-state index is 13.8.